The summed E-state index contributed by atoms with van der Waals surface area (Å²) in [5.41, 5.74) is 6.56. The summed E-state index contributed by atoms with van der Waals surface area (Å²) in [6, 6.07) is 7.24. The maximum absolute atomic E-state index is 11.7. The van der Waals surface area contributed by atoms with E-state index in [1.807, 2.05) is 31.2 Å². The molecule has 4 heteroatoms. The second kappa shape index (κ2) is 6.25. The van der Waals surface area contributed by atoms with Gasteiger partial charge in [0.15, 0.2) is 0 Å². The van der Waals surface area contributed by atoms with Crippen molar-refractivity contribution in [2.75, 3.05) is 13.7 Å². The lowest BCUT2D eigenvalue weighted by molar-refractivity contribution is -0.131. The minimum absolute atomic E-state index is 0.0729. The van der Waals surface area contributed by atoms with Crippen molar-refractivity contribution in [2.24, 2.45) is 5.73 Å². The van der Waals surface area contributed by atoms with Crippen LogP contribution in [-0.2, 0) is 11.3 Å². The third-order valence-electron chi connectivity index (χ3n) is 2.45. The molecule has 0 fully saturated rings. The van der Waals surface area contributed by atoms with Gasteiger partial charge < -0.3 is 15.4 Å². The second-order valence-corrected chi connectivity index (χ2v) is 4.02. The van der Waals surface area contributed by atoms with Crippen LogP contribution in [0.3, 0.4) is 0 Å². The number of likely N-dealkylation sites (N-methyl/N-ethyl adjacent to an activating group) is 1. The minimum atomic E-state index is -0.473. The van der Waals surface area contributed by atoms with Gasteiger partial charge in [-0.25, -0.2) is 0 Å². The van der Waals surface area contributed by atoms with Crippen LogP contribution in [0.4, 0.5) is 0 Å². The van der Waals surface area contributed by atoms with Gasteiger partial charge >= 0.3 is 0 Å². The smallest absolute Gasteiger partial charge is 0.239 e. The molecule has 0 aliphatic carbocycles. The van der Waals surface area contributed by atoms with Gasteiger partial charge in [-0.3, -0.25) is 4.79 Å². The molecule has 1 aromatic carbocycles. The average Bonchev–Trinajstić information content (AvgIpc) is 2.30. The van der Waals surface area contributed by atoms with Gasteiger partial charge in [0, 0.05) is 19.2 Å². The fourth-order valence-corrected chi connectivity index (χ4v) is 1.61. The first-order valence-corrected chi connectivity index (χ1v) is 5.77. The van der Waals surface area contributed by atoms with Crippen LogP contribution in [0.25, 0.3) is 0 Å². The molecule has 2 N–H and O–H groups in total. The van der Waals surface area contributed by atoms with Gasteiger partial charge in [-0.15, -0.1) is 0 Å². The van der Waals surface area contributed by atoms with Crippen LogP contribution < -0.4 is 10.5 Å². The van der Waals surface area contributed by atoms with Crippen molar-refractivity contribution >= 4 is 5.91 Å². The summed E-state index contributed by atoms with van der Waals surface area (Å²) in [6.45, 7) is 4.75. The van der Waals surface area contributed by atoms with E-state index in [4.69, 9.17) is 10.5 Å². The Morgan fingerprint density at radius 1 is 1.47 bits per heavy atom. The first kappa shape index (κ1) is 13.5. The molecule has 1 rings (SSSR count). The van der Waals surface area contributed by atoms with E-state index in [0.717, 1.165) is 11.3 Å². The van der Waals surface area contributed by atoms with Crippen molar-refractivity contribution in [2.45, 2.75) is 26.4 Å². The van der Waals surface area contributed by atoms with Crippen molar-refractivity contribution in [3.8, 4) is 5.75 Å². The lowest BCUT2D eigenvalue weighted by atomic mass is 10.2. The minimum Gasteiger partial charge on any atom is -0.494 e. The normalized spacial score (nSPS) is 12.0. The maximum atomic E-state index is 11.7. The van der Waals surface area contributed by atoms with Crippen molar-refractivity contribution in [3.63, 3.8) is 0 Å². The fourth-order valence-electron chi connectivity index (χ4n) is 1.61. The molecule has 0 saturated heterocycles. The van der Waals surface area contributed by atoms with Crippen LogP contribution >= 0.6 is 0 Å². The summed E-state index contributed by atoms with van der Waals surface area (Å²) in [4.78, 5) is 13.3. The van der Waals surface area contributed by atoms with Crippen molar-refractivity contribution < 1.29 is 9.53 Å². The molecule has 0 aromatic heterocycles. The van der Waals surface area contributed by atoms with E-state index in [1.165, 1.54) is 0 Å². The highest BCUT2D eigenvalue weighted by molar-refractivity contribution is 5.80. The van der Waals surface area contributed by atoms with E-state index in [0.29, 0.717) is 13.2 Å². The summed E-state index contributed by atoms with van der Waals surface area (Å²) < 4.78 is 5.51. The SMILES string of the molecule is CCOc1ccccc1CN(C)C(=O)[C@H](C)N. The Hall–Kier alpha value is -1.55. The number of para-hydroxylation sites is 1. The molecular weight excluding hydrogens is 216 g/mol. The van der Waals surface area contributed by atoms with E-state index in [1.54, 1.807) is 18.9 Å². The number of hydrogen-bond acceptors (Lipinski definition) is 3. The second-order valence-electron chi connectivity index (χ2n) is 4.02. The Bertz CT molecular complexity index is 377. The average molecular weight is 236 g/mol. The first-order valence-electron chi connectivity index (χ1n) is 5.77. The van der Waals surface area contributed by atoms with Gasteiger partial charge in [0.1, 0.15) is 5.75 Å². The van der Waals surface area contributed by atoms with E-state index in [9.17, 15) is 4.79 Å². The van der Waals surface area contributed by atoms with Crippen LogP contribution in [0.5, 0.6) is 5.75 Å². The summed E-state index contributed by atoms with van der Waals surface area (Å²) in [5, 5.41) is 0. The summed E-state index contributed by atoms with van der Waals surface area (Å²) in [7, 11) is 1.74. The third-order valence-corrected chi connectivity index (χ3v) is 2.45. The Morgan fingerprint density at radius 3 is 2.71 bits per heavy atom. The van der Waals surface area contributed by atoms with Crippen LogP contribution in [0.2, 0.25) is 0 Å². The third kappa shape index (κ3) is 3.75. The summed E-state index contributed by atoms with van der Waals surface area (Å²) >= 11 is 0. The molecule has 0 radical (unpaired) electrons. The highest BCUT2D eigenvalue weighted by atomic mass is 16.5. The van der Waals surface area contributed by atoms with E-state index < -0.39 is 6.04 Å². The highest BCUT2D eigenvalue weighted by Crippen LogP contribution is 2.19. The number of nitrogens with two attached hydrogens (primary N) is 1. The van der Waals surface area contributed by atoms with E-state index >= 15 is 0 Å². The van der Waals surface area contributed by atoms with Crippen LogP contribution in [0.1, 0.15) is 19.4 Å². The number of hydrogen-bond donors (Lipinski definition) is 1. The molecule has 17 heavy (non-hydrogen) atoms. The monoisotopic (exact) mass is 236 g/mol. The number of nitrogens with zero attached hydrogens (tertiary/aromatic N) is 1. The Balaban J connectivity index is 2.77. The molecule has 0 unspecified atom stereocenters. The number of benzene rings is 1. The summed E-state index contributed by atoms with van der Waals surface area (Å²) in [5.74, 6) is 0.746. The number of ether oxygens (including phenoxy) is 1. The zero-order valence-corrected chi connectivity index (χ0v) is 10.6. The molecule has 1 aromatic rings. The van der Waals surface area contributed by atoms with Gasteiger partial charge in [-0.1, -0.05) is 18.2 Å². The first-order chi connectivity index (χ1) is 8.06. The van der Waals surface area contributed by atoms with E-state index in [-0.39, 0.29) is 5.91 Å². The summed E-state index contributed by atoms with van der Waals surface area (Å²) in [6.07, 6.45) is 0. The molecule has 0 saturated carbocycles. The molecule has 1 atom stereocenters. The standard InChI is InChI=1S/C13H20N2O2/c1-4-17-12-8-6-5-7-11(12)9-15(3)13(16)10(2)14/h5-8,10H,4,9,14H2,1-3H3/t10-/m0/s1. The van der Waals surface area contributed by atoms with Crippen molar-refractivity contribution in [3.05, 3.63) is 29.8 Å². The van der Waals surface area contributed by atoms with Crippen molar-refractivity contribution in [1.29, 1.82) is 0 Å². The molecular formula is C13H20N2O2. The molecule has 0 aliphatic heterocycles. The van der Waals surface area contributed by atoms with Gasteiger partial charge in [-0.2, -0.15) is 0 Å². The molecule has 1 amide bonds. The number of carbonyl (C=O) groups is 1. The molecule has 4 nitrogen and oxygen atoms in total. The van der Waals surface area contributed by atoms with Crippen LogP contribution in [0, 0.1) is 0 Å². The van der Waals surface area contributed by atoms with Gasteiger partial charge in [0.25, 0.3) is 0 Å². The predicted octanol–water partition coefficient (Wildman–Crippen LogP) is 1.39. The number of carbonyl (C=O) groups excluding carboxylic acids is 1. The molecule has 0 aliphatic rings. The maximum Gasteiger partial charge on any atom is 0.239 e. The van der Waals surface area contributed by atoms with Crippen LogP contribution in [0.15, 0.2) is 24.3 Å². The van der Waals surface area contributed by atoms with Crippen LogP contribution in [-0.4, -0.2) is 30.5 Å². The lowest BCUT2D eigenvalue weighted by Crippen LogP contribution is -2.39. The Morgan fingerprint density at radius 2 is 2.12 bits per heavy atom. The zero-order valence-electron chi connectivity index (χ0n) is 10.6. The van der Waals surface area contributed by atoms with Gasteiger partial charge in [0.05, 0.1) is 12.6 Å². The highest BCUT2D eigenvalue weighted by Gasteiger charge is 2.15. The van der Waals surface area contributed by atoms with E-state index in [2.05, 4.69) is 0 Å². The zero-order chi connectivity index (χ0) is 12.8. The topological polar surface area (TPSA) is 55.6 Å². The lowest BCUT2D eigenvalue weighted by Gasteiger charge is -2.20. The molecule has 0 spiro atoms. The largest absolute Gasteiger partial charge is 0.494 e. The number of amides is 1. The predicted molar refractivity (Wildman–Crippen MR) is 67.7 cm³/mol. The quantitative estimate of drug-likeness (QED) is 0.840. The van der Waals surface area contributed by atoms with Crippen molar-refractivity contribution in [1.82, 2.24) is 4.90 Å². The Labute approximate surface area is 102 Å². The molecule has 0 bridgehead atoms. The van der Waals surface area contributed by atoms with Gasteiger partial charge in [0.2, 0.25) is 5.91 Å². The Kier molecular flexibility index (Phi) is 4.97. The number of rotatable bonds is 5. The fraction of sp³-hybridized carbons (Fsp3) is 0.462. The molecule has 94 valence electrons. The molecule has 0 heterocycles. The van der Waals surface area contributed by atoms with Gasteiger partial charge in [-0.05, 0) is 19.9 Å².